The van der Waals surface area contributed by atoms with Gasteiger partial charge in [0.15, 0.2) is 5.82 Å². The van der Waals surface area contributed by atoms with E-state index >= 15 is 0 Å². The zero-order valence-electron chi connectivity index (χ0n) is 15.6. The van der Waals surface area contributed by atoms with Crippen LogP contribution in [0.2, 0.25) is 0 Å². The SMILES string of the molecule is Cc1cc(F)ccc1S(=O)(=O)N1CCCC(Oc2nccnc2N(C)C)C1. The van der Waals surface area contributed by atoms with Gasteiger partial charge in [0.2, 0.25) is 10.0 Å². The number of hydrogen-bond acceptors (Lipinski definition) is 6. The first kappa shape index (κ1) is 19.5. The Hall–Kier alpha value is -2.26. The van der Waals surface area contributed by atoms with Crippen LogP contribution in [0.3, 0.4) is 0 Å². The topological polar surface area (TPSA) is 75.6 Å². The van der Waals surface area contributed by atoms with Crippen molar-refractivity contribution in [3.8, 4) is 5.88 Å². The molecule has 1 aliphatic rings. The smallest absolute Gasteiger partial charge is 0.257 e. The number of anilines is 1. The molecule has 0 aliphatic carbocycles. The van der Waals surface area contributed by atoms with Crippen LogP contribution in [0.5, 0.6) is 5.88 Å². The number of ether oxygens (including phenoxy) is 1. The van der Waals surface area contributed by atoms with Gasteiger partial charge in [-0.25, -0.2) is 22.8 Å². The third-order valence-electron chi connectivity index (χ3n) is 4.44. The number of nitrogens with zero attached hydrogens (tertiary/aromatic N) is 4. The van der Waals surface area contributed by atoms with Crippen LogP contribution in [0.4, 0.5) is 10.2 Å². The Morgan fingerprint density at radius 1 is 1.26 bits per heavy atom. The summed E-state index contributed by atoms with van der Waals surface area (Å²) in [7, 11) is -0.0427. The van der Waals surface area contributed by atoms with Crippen molar-refractivity contribution in [2.75, 3.05) is 32.1 Å². The number of sulfonamides is 1. The molecule has 0 N–H and O–H groups in total. The minimum Gasteiger partial charge on any atom is -0.470 e. The Morgan fingerprint density at radius 3 is 2.70 bits per heavy atom. The first-order valence-electron chi connectivity index (χ1n) is 8.70. The Kier molecular flexibility index (Phi) is 5.61. The summed E-state index contributed by atoms with van der Waals surface area (Å²) in [6.45, 7) is 2.21. The van der Waals surface area contributed by atoms with E-state index in [1.165, 1.54) is 22.5 Å². The maximum Gasteiger partial charge on any atom is 0.257 e. The number of benzene rings is 1. The van der Waals surface area contributed by atoms with Crippen LogP contribution in [-0.2, 0) is 10.0 Å². The number of rotatable bonds is 5. The van der Waals surface area contributed by atoms with E-state index < -0.39 is 15.8 Å². The predicted molar refractivity (Wildman–Crippen MR) is 99.9 cm³/mol. The fourth-order valence-electron chi connectivity index (χ4n) is 3.13. The molecule has 1 unspecified atom stereocenters. The minimum atomic E-state index is -3.72. The van der Waals surface area contributed by atoms with Crippen LogP contribution < -0.4 is 9.64 Å². The number of halogens is 1. The van der Waals surface area contributed by atoms with Gasteiger partial charge in [0.1, 0.15) is 11.9 Å². The molecule has 146 valence electrons. The van der Waals surface area contributed by atoms with E-state index in [2.05, 4.69) is 9.97 Å². The van der Waals surface area contributed by atoms with Gasteiger partial charge in [0.05, 0.1) is 11.4 Å². The van der Waals surface area contributed by atoms with Crippen LogP contribution in [-0.4, -0.2) is 56.0 Å². The van der Waals surface area contributed by atoms with Crippen molar-refractivity contribution in [1.29, 1.82) is 0 Å². The molecular formula is C18H23FN4O3S. The third kappa shape index (κ3) is 4.19. The van der Waals surface area contributed by atoms with E-state index in [-0.39, 0.29) is 17.5 Å². The summed E-state index contributed by atoms with van der Waals surface area (Å²) in [6, 6.07) is 3.71. The lowest BCUT2D eigenvalue weighted by molar-refractivity contribution is 0.125. The summed E-state index contributed by atoms with van der Waals surface area (Å²) < 4.78 is 46.7. The van der Waals surface area contributed by atoms with E-state index in [0.717, 1.165) is 6.42 Å². The van der Waals surface area contributed by atoms with Gasteiger partial charge in [0.25, 0.3) is 5.88 Å². The zero-order chi connectivity index (χ0) is 19.6. The van der Waals surface area contributed by atoms with Gasteiger partial charge >= 0.3 is 0 Å². The quantitative estimate of drug-likeness (QED) is 0.774. The predicted octanol–water partition coefficient (Wildman–Crippen LogP) is 2.22. The van der Waals surface area contributed by atoms with Crippen LogP contribution in [0, 0.1) is 12.7 Å². The van der Waals surface area contributed by atoms with E-state index in [4.69, 9.17) is 4.74 Å². The fraction of sp³-hybridized carbons (Fsp3) is 0.444. The molecule has 3 rings (SSSR count). The van der Waals surface area contributed by atoms with Crippen molar-refractivity contribution in [3.05, 3.63) is 42.0 Å². The van der Waals surface area contributed by atoms with Crippen LogP contribution in [0.25, 0.3) is 0 Å². The number of hydrogen-bond donors (Lipinski definition) is 0. The van der Waals surface area contributed by atoms with Gasteiger partial charge in [-0.1, -0.05) is 0 Å². The second-order valence-electron chi connectivity index (χ2n) is 6.73. The average molecular weight is 394 g/mol. The molecule has 0 spiro atoms. The third-order valence-corrected chi connectivity index (χ3v) is 6.47. The van der Waals surface area contributed by atoms with Crippen LogP contribution >= 0.6 is 0 Å². The van der Waals surface area contributed by atoms with Crippen molar-refractivity contribution in [2.45, 2.75) is 30.8 Å². The number of aryl methyl sites for hydroxylation is 1. The highest BCUT2D eigenvalue weighted by molar-refractivity contribution is 7.89. The molecule has 2 heterocycles. The lowest BCUT2D eigenvalue weighted by Gasteiger charge is -2.32. The van der Waals surface area contributed by atoms with E-state index in [0.29, 0.717) is 30.2 Å². The summed E-state index contributed by atoms with van der Waals surface area (Å²) in [5, 5.41) is 0. The van der Waals surface area contributed by atoms with Gasteiger partial charge in [-0.05, 0) is 43.5 Å². The summed E-state index contributed by atoms with van der Waals surface area (Å²) in [5.41, 5.74) is 0.391. The van der Waals surface area contributed by atoms with Crippen molar-refractivity contribution in [2.24, 2.45) is 0 Å². The van der Waals surface area contributed by atoms with Gasteiger partial charge in [-0.15, -0.1) is 0 Å². The summed E-state index contributed by atoms with van der Waals surface area (Å²) >= 11 is 0. The summed E-state index contributed by atoms with van der Waals surface area (Å²) in [4.78, 5) is 10.4. The molecule has 1 saturated heterocycles. The second-order valence-corrected chi connectivity index (χ2v) is 8.64. The standard InChI is InChI=1S/C18H23FN4O3S/c1-13-11-14(19)6-7-16(13)27(24,25)23-10-4-5-15(12-23)26-18-17(22(2)3)20-8-9-21-18/h6-9,11,15H,4-5,10,12H2,1-3H3. The number of piperidine rings is 1. The zero-order valence-corrected chi connectivity index (χ0v) is 16.4. The molecule has 1 fully saturated rings. The van der Waals surface area contributed by atoms with Crippen molar-refractivity contribution in [1.82, 2.24) is 14.3 Å². The first-order valence-corrected chi connectivity index (χ1v) is 10.1. The largest absolute Gasteiger partial charge is 0.470 e. The molecule has 1 atom stereocenters. The maximum absolute atomic E-state index is 13.3. The van der Waals surface area contributed by atoms with E-state index in [1.54, 1.807) is 24.2 Å². The summed E-state index contributed by atoms with van der Waals surface area (Å²) in [6.07, 6.45) is 4.18. The Balaban J connectivity index is 1.80. The lowest BCUT2D eigenvalue weighted by atomic mass is 10.1. The first-order chi connectivity index (χ1) is 12.8. The van der Waals surface area contributed by atoms with Crippen molar-refractivity contribution >= 4 is 15.8 Å². The van der Waals surface area contributed by atoms with Gasteiger partial charge < -0.3 is 9.64 Å². The molecular weight excluding hydrogens is 371 g/mol. The molecule has 1 aliphatic heterocycles. The van der Waals surface area contributed by atoms with Crippen LogP contribution in [0.15, 0.2) is 35.5 Å². The Labute approximate surface area is 158 Å². The highest BCUT2D eigenvalue weighted by Crippen LogP contribution is 2.27. The average Bonchev–Trinajstić information content (AvgIpc) is 2.62. The van der Waals surface area contributed by atoms with E-state index in [1.807, 2.05) is 14.1 Å². The molecule has 0 saturated carbocycles. The summed E-state index contributed by atoms with van der Waals surface area (Å²) in [5.74, 6) is 0.516. The Bertz CT molecular complexity index is 921. The fourth-order valence-corrected chi connectivity index (χ4v) is 4.84. The molecule has 9 heteroatoms. The molecule has 0 amide bonds. The maximum atomic E-state index is 13.3. The molecule has 27 heavy (non-hydrogen) atoms. The van der Waals surface area contributed by atoms with E-state index in [9.17, 15) is 12.8 Å². The number of aromatic nitrogens is 2. The molecule has 1 aromatic heterocycles. The molecule has 1 aromatic carbocycles. The lowest BCUT2D eigenvalue weighted by Crippen LogP contribution is -2.44. The van der Waals surface area contributed by atoms with Gasteiger partial charge in [-0.2, -0.15) is 4.31 Å². The molecule has 2 aromatic rings. The van der Waals surface area contributed by atoms with Crippen molar-refractivity contribution < 1.29 is 17.5 Å². The van der Waals surface area contributed by atoms with Gasteiger partial charge in [-0.3, -0.25) is 0 Å². The second kappa shape index (κ2) is 7.77. The van der Waals surface area contributed by atoms with Gasteiger partial charge in [0, 0.05) is 33.0 Å². The minimum absolute atomic E-state index is 0.123. The highest BCUT2D eigenvalue weighted by Gasteiger charge is 2.32. The van der Waals surface area contributed by atoms with Crippen LogP contribution in [0.1, 0.15) is 18.4 Å². The Morgan fingerprint density at radius 2 is 2.00 bits per heavy atom. The monoisotopic (exact) mass is 394 g/mol. The molecule has 7 nitrogen and oxygen atoms in total. The molecule has 0 bridgehead atoms. The van der Waals surface area contributed by atoms with Crippen molar-refractivity contribution in [3.63, 3.8) is 0 Å². The normalized spacial score (nSPS) is 18.3. The highest BCUT2D eigenvalue weighted by atomic mass is 32.2. The molecule has 0 radical (unpaired) electrons.